The highest BCUT2D eigenvalue weighted by molar-refractivity contribution is 7.80. The van der Waals surface area contributed by atoms with Crippen molar-refractivity contribution in [2.75, 3.05) is 33.5 Å². The first-order chi connectivity index (χ1) is 8.24. The monoisotopic (exact) mass is 255 g/mol. The molecule has 0 aliphatic carbocycles. The van der Waals surface area contributed by atoms with E-state index < -0.39 is 0 Å². The van der Waals surface area contributed by atoms with Crippen molar-refractivity contribution in [3.63, 3.8) is 0 Å². The predicted octanol–water partition coefficient (Wildman–Crippen LogP) is 1.37. The molecule has 5 heteroatoms. The second-order valence-corrected chi connectivity index (χ2v) is 3.92. The Morgan fingerprint density at radius 3 is 2.59 bits per heavy atom. The summed E-state index contributed by atoms with van der Waals surface area (Å²) < 4.78 is 10.1. The molecule has 1 rings (SSSR count). The van der Waals surface area contributed by atoms with Crippen LogP contribution >= 0.6 is 12.6 Å². The van der Waals surface area contributed by atoms with Gasteiger partial charge in [0.15, 0.2) is 0 Å². The molecule has 0 radical (unpaired) electrons. The van der Waals surface area contributed by atoms with E-state index in [2.05, 4.69) is 17.9 Å². The van der Waals surface area contributed by atoms with Gasteiger partial charge in [0.2, 0.25) is 0 Å². The van der Waals surface area contributed by atoms with E-state index in [1.165, 1.54) is 0 Å². The number of carbonyl (C=O) groups is 1. The fraction of sp³-hybridized carbons (Fsp3) is 0.417. The normalized spacial score (nSPS) is 10.2. The van der Waals surface area contributed by atoms with E-state index >= 15 is 0 Å². The van der Waals surface area contributed by atoms with Crippen molar-refractivity contribution in [1.82, 2.24) is 5.32 Å². The number of thiol groups is 1. The average Bonchev–Trinajstić information content (AvgIpc) is 2.34. The van der Waals surface area contributed by atoms with Crippen LogP contribution in [0.2, 0.25) is 0 Å². The Labute approximate surface area is 107 Å². The average molecular weight is 255 g/mol. The third-order valence-corrected chi connectivity index (χ3v) is 2.39. The van der Waals surface area contributed by atoms with Crippen LogP contribution in [0.4, 0.5) is 0 Å². The third-order valence-electron chi connectivity index (χ3n) is 2.09. The number of hydrogen-bond donors (Lipinski definition) is 2. The molecule has 0 aliphatic rings. The maximum Gasteiger partial charge on any atom is 0.251 e. The molecule has 4 nitrogen and oxygen atoms in total. The predicted molar refractivity (Wildman–Crippen MR) is 68.7 cm³/mol. The summed E-state index contributed by atoms with van der Waals surface area (Å²) >= 11 is 4.15. The molecular weight excluding hydrogens is 238 g/mol. The number of nitrogens with one attached hydrogen (secondary N) is 1. The molecule has 1 aromatic carbocycles. The maximum atomic E-state index is 11.6. The van der Waals surface area contributed by atoms with Crippen molar-refractivity contribution in [2.24, 2.45) is 0 Å². The van der Waals surface area contributed by atoms with Gasteiger partial charge in [0.05, 0.1) is 19.8 Å². The Morgan fingerprint density at radius 1 is 1.24 bits per heavy atom. The molecule has 0 aliphatic heterocycles. The minimum atomic E-state index is -0.103. The summed E-state index contributed by atoms with van der Waals surface area (Å²) in [5.74, 6) is -0.103. The number of carbonyl (C=O) groups excluding carboxylic acids is 1. The standard InChI is InChI=1S/C12H17NO3S/c1-15-8-9-16-7-6-13-12(14)10-2-4-11(17)5-3-10/h2-5,17H,6-9H2,1H3,(H,13,14). The van der Waals surface area contributed by atoms with E-state index in [-0.39, 0.29) is 5.91 Å². The lowest BCUT2D eigenvalue weighted by atomic mass is 10.2. The number of amides is 1. The summed E-state index contributed by atoms with van der Waals surface area (Å²) in [5, 5.41) is 2.77. The minimum absolute atomic E-state index is 0.103. The Kier molecular flexibility index (Phi) is 6.69. The highest BCUT2D eigenvalue weighted by atomic mass is 32.1. The van der Waals surface area contributed by atoms with Gasteiger partial charge in [-0.2, -0.15) is 0 Å². The smallest absolute Gasteiger partial charge is 0.251 e. The summed E-state index contributed by atoms with van der Waals surface area (Å²) in [6.07, 6.45) is 0. The van der Waals surface area contributed by atoms with Crippen LogP contribution in [-0.2, 0) is 9.47 Å². The molecule has 0 bridgehead atoms. The van der Waals surface area contributed by atoms with Crippen molar-refractivity contribution in [1.29, 1.82) is 0 Å². The van der Waals surface area contributed by atoms with Crippen LogP contribution in [0.15, 0.2) is 29.2 Å². The van der Waals surface area contributed by atoms with Gasteiger partial charge in [-0.3, -0.25) is 4.79 Å². The Morgan fingerprint density at radius 2 is 1.94 bits per heavy atom. The zero-order valence-corrected chi connectivity index (χ0v) is 10.7. The van der Waals surface area contributed by atoms with Crippen LogP contribution in [0.25, 0.3) is 0 Å². The fourth-order valence-electron chi connectivity index (χ4n) is 1.20. The molecule has 0 spiro atoms. The molecule has 0 fully saturated rings. The molecule has 0 heterocycles. The van der Waals surface area contributed by atoms with Gasteiger partial charge in [0, 0.05) is 24.1 Å². The van der Waals surface area contributed by atoms with E-state index in [1.807, 2.05) is 0 Å². The highest BCUT2D eigenvalue weighted by Gasteiger charge is 2.03. The molecule has 1 aromatic rings. The second kappa shape index (κ2) is 8.11. The third kappa shape index (κ3) is 5.72. The van der Waals surface area contributed by atoms with Crippen LogP contribution < -0.4 is 5.32 Å². The number of rotatable bonds is 7. The van der Waals surface area contributed by atoms with Crippen molar-refractivity contribution in [3.8, 4) is 0 Å². The Bertz CT molecular complexity index is 340. The molecule has 17 heavy (non-hydrogen) atoms. The largest absolute Gasteiger partial charge is 0.382 e. The lowest BCUT2D eigenvalue weighted by molar-refractivity contribution is 0.0692. The summed E-state index contributed by atoms with van der Waals surface area (Å²) in [6, 6.07) is 7.05. The van der Waals surface area contributed by atoms with Gasteiger partial charge in [-0.1, -0.05) is 0 Å². The van der Waals surface area contributed by atoms with Crippen LogP contribution in [0.1, 0.15) is 10.4 Å². The van der Waals surface area contributed by atoms with Gasteiger partial charge in [-0.25, -0.2) is 0 Å². The van der Waals surface area contributed by atoms with Crippen LogP contribution in [0, 0.1) is 0 Å². The van der Waals surface area contributed by atoms with Crippen LogP contribution in [0.5, 0.6) is 0 Å². The Balaban J connectivity index is 2.19. The van der Waals surface area contributed by atoms with Gasteiger partial charge < -0.3 is 14.8 Å². The van der Waals surface area contributed by atoms with E-state index in [1.54, 1.807) is 31.4 Å². The van der Waals surface area contributed by atoms with Crippen molar-refractivity contribution < 1.29 is 14.3 Å². The molecule has 1 amide bonds. The molecule has 0 saturated carbocycles. The van der Waals surface area contributed by atoms with Crippen LogP contribution in [-0.4, -0.2) is 39.4 Å². The van der Waals surface area contributed by atoms with Crippen molar-refractivity contribution in [3.05, 3.63) is 29.8 Å². The van der Waals surface area contributed by atoms with E-state index in [0.29, 0.717) is 31.9 Å². The molecule has 0 aromatic heterocycles. The highest BCUT2D eigenvalue weighted by Crippen LogP contribution is 2.07. The van der Waals surface area contributed by atoms with Gasteiger partial charge in [-0.05, 0) is 24.3 Å². The zero-order valence-electron chi connectivity index (χ0n) is 9.81. The fourth-order valence-corrected chi connectivity index (χ4v) is 1.34. The first-order valence-corrected chi connectivity index (χ1v) is 5.82. The zero-order chi connectivity index (χ0) is 12.5. The topological polar surface area (TPSA) is 47.6 Å². The second-order valence-electron chi connectivity index (χ2n) is 3.41. The van der Waals surface area contributed by atoms with E-state index in [4.69, 9.17) is 9.47 Å². The van der Waals surface area contributed by atoms with Gasteiger partial charge in [0.25, 0.3) is 5.91 Å². The molecular formula is C12H17NO3S. The van der Waals surface area contributed by atoms with Crippen molar-refractivity contribution in [2.45, 2.75) is 4.90 Å². The molecule has 0 unspecified atom stereocenters. The summed E-state index contributed by atoms with van der Waals surface area (Å²) in [6.45, 7) is 2.09. The van der Waals surface area contributed by atoms with Gasteiger partial charge in [-0.15, -0.1) is 12.6 Å². The lowest BCUT2D eigenvalue weighted by Gasteiger charge is -2.06. The number of ether oxygens (including phenoxy) is 2. The summed E-state index contributed by atoms with van der Waals surface area (Å²) in [4.78, 5) is 12.5. The summed E-state index contributed by atoms with van der Waals surface area (Å²) in [5.41, 5.74) is 0.625. The van der Waals surface area contributed by atoms with Crippen molar-refractivity contribution >= 4 is 18.5 Å². The van der Waals surface area contributed by atoms with E-state index in [9.17, 15) is 4.79 Å². The van der Waals surface area contributed by atoms with Gasteiger partial charge >= 0.3 is 0 Å². The van der Waals surface area contributed by atoms with E-state index in [0.717, 1.165) is 4.90 Å². The number of methoxy groups -OCH3 is 1. The molecule has 1 N–H and O–H groups in total. The Hall–Kier alpha value is -1.04. The SMILES string of the molecule is COCCOCCNC(=O)c1ccc(S)cc1. The minimum Gasteiger partial charge on any atom is -0.382 e. The number of hydrogen-bond acceptors (Lipinski definition) is 4. The first-order valence-electron chi connectivity index (χ1n) is 5.38. The first kappa shape index (κ1) is 14.0. The molecule has 94 valence electrons. The summed E-state index contributed by atoms with van der Waals surface area (Å²) in [7, 11) is 1.62. The van der Waals surface area contributed by atoms with Gasteiger partial charge in [0.1, 0.15) is 0 Å². The molecule has 0 atom stereocenters. The molecule has 0 saturated heterocycles. The number of benzene rings is 1. The lowest BCUT2D eigenvalue weighted by Crippen LogP contribution is -2.27. The quantitative estimate of drug-likeness (QED) is 0.571. The van der Waals surface area contributed by atoms with Crippen LogP contribution in [0.3, 0.4) is 0 Å². The maximum absolute atomic E-state index is 11.6.